The van der Waals surface area contributed by atoms with Crippen LogP contribution in [0.1, 0.15) is 12.0 Å². The molecule has 0 unspecified atom stereocenters. The Balaban J connectivity index is 2.13. The molecule has 0 aliphatic rings. The van der Waals surface area contributed by atoms with Crippen LogP contribution < -0.4 is 5.32 Å². The second-order valence-electron chi connectivity index (χ2n) is 5.92. The number of methoxy groups -OCH3 is 1. The van der Waals surface area contributed by atoms with Crippen LogP contribution in [0.2, 0.25) is 0 Å². The SMILES string of the molecule is COC(=O)[C@H](CCS(=O)(=O)O)NC(=O)Cc1ccccc1-c1ccccc1. The summed E-state index contributed by atoms with van der Waals surface area (Å²) in [6.45, 7) is 0. The topological polar surface area (TPSA) is 110 Å². The van der Waals surface area contributed by atoms with E-state index in [1.807, 2.05) is 54.6 Å². The van der Waals surface area contributed by atoms with Crippen molar-refractivity contribution in [2.45, 2.75) is 18.9 Å². The van der Waals surface area contributed by atoms with Gasteiger partial charge in [0.2, 0.25) is 5.91 Å². The number of esters is 1. The Morgan fingerprint density at radius 3 is 2.33 bits per heavy atom. The number of carbonyl (C=O) groups is 2. The summed E-state index contributed by atoms with van der Waals surface area (Å²) in [7, 11) is -3.12. The molecule has 0 fully saturated rings. The average molecular weight is 391 g/mol. The van der Waals surface area contributed by atoms with E-state index >= 15 is 0 Å². The molecule has 144 valence electrons. The molecule has 0 saturated heterocycles. The van der Waals surface area contributed by atoms with E-state index in [1.165, 1.54) is 0 Å². The Labute approximate surface area is 158 Å². The van der Waals surface area contributed by atoms with Gasteiger partial charge in [0.15, 0.2) is 0 Å². The van der Waals surface area contributed by atoms with Crippen molar-refractivity contribution in [1.29, 1.82) is 0 Å². The van der Waals surface area contributed by atoms with Gasteiger partial charge in [0.1, 0.15) is 6.04 Å². The van der Waals surface area contributed by atoms with Gasteiger partial charge >= 0.3 is 5.97 Å². The number of rotatable bonds is 8. The van der Waals surface area contributed by atoms with Gasteiger partial charge < -0.3 is 10.1 Å². The minimum absolute atomic E-state index is 0.00440. The van der Waals surface area contributed by atoms with Crippen molar-refractivity contribution in [3.05, 3.63) is 60.2 Å². The molecule has 0 aliphatic carbocycles. The fourth-order valence-corrected chi connectivity index (χ4v) is 3.18. The molecular formula is C19H21NO6S. The van der Waals surface area contributed by atoms with Gasteiger partial charge in [-0.1, -0.05) is 54.6 Å². The Morgan fingerprint density at radius 1 is 1.07 bits per heavy atom. The second kappa shape index (κ2) is 9.29. The van der Waals surface area contributed by atoms with Crippen LogP contribution in [0.4, 0.5) is 0 Å². The molecule has 0 bridgehead atoms. The summed E-state index contributed by atoms with van der Waals surface area (Å²) in [6.07, 6.45) is -0.276. The van der Waals surface area contributed by atoms with Gasteiger partial charge in [-0.2, -0.15) is 8.42 Å². The molecule has 0 radical (unpaired) electrons. The van der Waals surface area contributed by atoms with Crippen molar-refractivity contribution >= 4 is 22.0 Å². The highest BCUT2D eigenvalue weighted by atomic mass is 32.2. The van der Waals surface area contributed by atoms with Crippen LogP contribution in [0.25, 0.3) is 11.1 Å². The number of carbonyl (C=O) groups excluding carboxylic acids is 2. The summed E-state index contributed by atoms with van der Waals surface area (Å²) < 4.78 is 35.3. The minimum Gasteiger partial charge on any atom is -0.467 e. The molecule has 1 amide bonds. The van der Waals surface area contributed by atoms with Crippen molar-refractivity contribution < 1.29 is 27.3 Å². The van der Waals surface area contributed by atoms with Crippen LogP contribution in [0.3, 0.4) is 0 Å². The predicted molar refractivity (Wildman–Crippen MR) is 101 cm³/mol. The van der Waals surface area contributed by atoms with Gasteiger partial charge in [0.25, 0.3) is 10.1 Å². The van der Waals surface area contributed by atoms with Crippen molar-refractivity contribution in [3.63, 3.8) is 0 Å². The van der Waals surface area contributed by atoms with Crippen molar-refractivity contribution in [2.75, 3.05) is 12.9 Å². The van der Waals surface area contributed by atoms with Gasteiger partial charge in [-0.15, -0.1) is 0 Å². The first-order valence-electron chi connectivity index (χ1n) is 8.26. The highest BCUT2D eigenvalue weighted by Crippen LogP contribution is 2.23. The molecule has 7 nitrogen and oxygen atoms in total. The van der Waals surface area contributed by atoms with E-state index in [1.54, 1.807) is 0 Å². The van der Waals surface area contributed by atoms with Crippen molar-refractivity contribution in [2.24, 2.45) is 0 Å². The third kappa shape index (κ3) is 6.50. The van der Waals surface area contributed by atoms with E-state index in [0.717, 1.165) is 23.8 Å². The number of amides is 1. The fourth-order valence-electron chi connectivity index (χ4n) is 2.65. The molecule has 0 heterocycles. The summed E-state index contributed by atoms with van der Waals surface area (Å²) in [5, 5.41) is 2.48. The number of nitrogens with one attached hydrogen (secondary N) is 1. The Morgan fingerprint density at radius 2 is 1.70 bits per heavy atom. The summed E-state index contributed by atoms with van der Waals surface area (Å²) >= 11 is 0. The molecule has 8 heteroatoms. The first kappa shape index (κ1) is 20.6. The van der Waals surface area contributed by atoms with Crippen LogP contribution >= 0.6 is 0 Å². The van der Waals surface area contributed by atoms with Crippen LogP contribution in [0, 0.1) is 0 Å². The normalized spacial score (nSPS) is 12.2. The summed E-state index contributed by atoms with van der Waals surface area (Å²) in [5.74, 6) is -1.89. The molecule has 0 spiro atoms. The maximum absolute atomic E-state index is 12.4. The monoisotopic (exact) mass is 391 g/mol. The van der Waals surface area contributed by atoms with E-state index in [4.69, 9.17) is 4.55 Å². The first-order valence-corrected chi connectivity index (χ1v) is 9.87. The minimum atomic E-state index is -4.26. The lowest BCUT2D eigenvalue weighted by molar-refractivity contribution is -0.145. The molecule has 2 aromatic carbocycles. The third-order valence-corrected chi connectivity index (χ3v) is 4.69. The van der Waals surface area contributed by atoms with E-state index in [9.17, 15) is 18.0 Å². The number of ether oxygens (including phenoxy) is 1. The maximum Gasteiger partial charge on any atom is 0.328 e. The van der Waals surface area contributed by atoms with Crippen molar-refractivity contribution in [1.82, 2.24) is 5.32 Å². The quantitative estimate of drug-likeness (QED) is 0.525. The van der Waals surface area contributed by atoms with Gasteiger partial charge in [-0.05, 0) is 23.1 Å². The summed E-state index contributed by atoms with van der Waals surface area (Å²) in [4.78, 5) is 24.2. The molecule has 0 aliphatic heterocycles. The summed E-state index contributed by atoms with van der Waals surface area (Å²) in [5.41, 5.74) is 2.61. The molecule has 27 heavy (non-hydrogen) atoms. The second-order valence-corrected chi connectivity index (χ2v) is 7.49. The zero-order valence-electron chi connectivity index (χ0n) is 14.8. The van der Waals surface area contributed by atoms with Gasteiger partial charge in [0.05, 0.1) is 19.3 Å². The molecule has 2 N–H and O–H groups in total. The van der Waals surface area contributed by atoms with Crippen LogP contribution in [0.5, 0.6) is 0 Å². The number of hydrogen-bond donors (Lipinski definition) is 2. The molecule has 0 aromatic heterocycles. The average Bonchev–Trinajstić information content (AvgIpc) is 2.65. The van der Waals surface area contributed by atoms with E-state index < -0.39 is 33.8 Å². The smallest absolute Gasteiger partial charge is 0.328 e. The standard InChI is InChI=1S/C19H21NO6S/c1-26-19(22)17(11-12-27(23,24)25)20-18(21)13-15-9-5-6-10-16(15)14-7-3-2-4-8-14/h2-10,17H,11-13H2,1H3,(H,20,21)(H,23,24,25)/t17-/m0/s1. The molecule has 2 aromatic rings. The zero-order valence-corrected chi connectivity index (χ0v) is 15.6. The Bertz CT molecular complexity index is 895. The van der Waals surface area contributed by atoms with E-state index in [2.05, 4.69) is 10.1 Å². The lowest BCUT2D eigenvalue weighted by Crippen LogP contribution is -2.43. The number of benzene rings is 2. The van der Waals surface area contributed by atoms with Gasteiger partial charge in [-0.25, -0.2) is 4.79 Å². The maximum atomic E-state index is 12.4. The Kier molecular flexibility index (Phi) is 7.09. The van der Waals surface area contributed by atoms with Crippen LogP contribution in [0.15, 0.2) is 54.6 Å². The lowest BCUT2D eigenvalue weighted by Gasteiger charge is -2.16. The highest BCUT2D eigenvalue weighted by molar-refractivity contribution is 7.85. The van der Waals surface area contributed by atoms with Crippen LogP contribution in [-0.2, 0) is 30.9 Å². The van der Waals surface area contributed by atoms with E-state index in [-0.39, 0.29) is 12.8 Å². The first-order chi connectivity index (χ1) is 12.8. The Hall–Kier alpha value is -2.71. The molecule has 2 rings (SSSR count). The highest BCUT2D eigenvalue weighted by Gasteiger charge is 2.24. The van der Waals surface area contributed by atoms with Gasteiger partial charge in [-0.3, -0.25) is 9.35 Å². The molecule has 1 atom stereocenters. The zero-order chi connectivity index (χ0) is 19.9. The largest absolute Gasteiger partial charge is 0.467 e. The molecular weight excluding hydrogens is 370 g/mol. The fraction of sp³-hybridized carbons (Fsp3) is 0.263. The van der Waals surface area contributed by atoms with E-state index in [0.29, 0.717) is 0 Å². The lowest BCUT2D eigenvalue weighted by atomic mass is 9.97. The van der Waals surface area contributed by atoms with Crippen LogP contribution in [-0.4, -0.2) is 43.8 Å². The summed E-state index contributed by atoms with van der Waals surface area (Å²) in [6, 6.07) is 15.8. The van der Waals surface area contributed by atoms with Crippen molar-refractivity contribution in [3.8, 4) is 11.1 Å². The predicted octanol–water partition coefficient (Wildman–Crippen LogP) is 1.83. The molecule has 0 saturated carbocycles. The third-order valence-electron chi connectivity index (χ3n) is 3.94. The number of hydrogen-bond acceptors (Lipinski definition) is 5. The van der Waals surface area contributed by atoms with Gasteiger partial charge in [0, 0.05) is 0 Å².